The summed E-state index contributed by atoms with van der Waals surface area (Å²) >= 11 is 0. The number of aryl methyl sites for hydroxylation is 2. The Morgan fingerprint density at radius 2 is 1.81 bits per heavy atom. The molecule has 0 atom stereocenters. The summed E-state index contributed by atoms with van der Waals surface area (Å²) in [5.74, 6) is 0. The first-order valence-electron chi connectivity index (χ1n) is 7.67. The predicted molar refractivity (Wildman–Crippen MR) is 83.8 cm³/mol. The van der Waals surface area contributed by atoms with E-state index in [0.717, 1.165) is 36.8 Å². The Morgan fingerprint density at radius 3 is 2.38 bits per heavy atom. The molecule has 4 nitrogen and oxygen atoms in total. The summed E-state index contributed by atoms with van der Waals surface area (Å²) in [7, 11) is -3.53. The molecule has 0 aromatic heterocycles. The number of aliphatic hydroxyl groups is 1. The Hall–Kier alpha value is -0.910. The van der Waals surface area contributed by atoms with Crippen LogP contribution in [-0.4, -0.2) is 37.0 Å². The summed E-state index contributed by atoms with van der Waals surface area (Å²) < 4.78 is 27.3. The molecule has 0 spiro atoms. The Balaban J connectivity index is 2.34. The minimum Gasteiger partial charge on any atom is -0.395 e. The number of hydrogen-bond donors (Lipinski definition) is 1. The van der Waals surface area contributed by atoms with E-state index in [9.17, 15) is 13.5 Å². The maximum atomic E-state index is 12.9. The first kappa shape index (κ1) is 16.5. The van der Waals surface area contributed by atoms with Crippen molar-refractivity contribution in [2.75, 3.05) is 13.2 Å². The van der Waals surface area contributed by atoms with Gasteiger partial charge in [0.25, 0.3) is 0 Å². The van der Waals surface area contributed by atoms with Crippen molar-refractivity contribution in [2.45, 2.75) is 56.9 Å². The predicted octanol–water partition coefficient (Wildman–Crippen LogP) is 2.62. The van der Waals surface area contributed by atoms with Crippen LogP contribution in [0.3, 0.4) is 0 Å². The topological polar surface area (TPSA) is 57.6 Å². The lowest BCUT2D eigenvalue weighted by molar-refractivity contribution is 0.199. The second kappa shape index (κ2) is 6.90. The fraction of sp³-hybridized carbons (Fsp3) is 0.625. The molecule has 0 amide bonds. The minimum absolute atomic E-state index is 0.0255. The van der Waals surface area contributed by atoms with Crippen molar-refractivity contribution in [1.29, 1.82) is 0 Å². The fourth-order valence-corrected chi connectivity index (χ4v) is 4.74. The molecule has 1 saturated carbocycles. The highest BCUT2D eigenvalue weighted by Crippen LogP contribution is 2.28. The quantitative estimate of drug-likeness (QED) is 0.909. The lowest BCUT2D eigenvalue weighted by Crippen LogP contribution is -2.43. The van der Waals surface area contributed by atoms with Crippen molar-refractivity contribution >= 4 is 10.0 Å². The smallest absolute Gasteiger partial charge is 0.243 e. The lowest BCUT2D eigenvalue weighted by atomic mass is 9.95. The highest BCUT2D eigenvalue weighted by Gasteiger charge is 2.31. The average molecular weight is 311 g/mol. The van der Waals surface area contributed by atoms with Crippen LogP contribution in [0.25, 0.3) is 0 Å². The van der Waals surface area contributed by atoms with Gasteiger partial charge in [0.15, 0.2) is 0 Å². The number of hydrogen-bond acceptors (Lipinski definition) is 3. The summed E-state index contributed by atoms with van der Waals surface area (Å²) in [6.45, 7) is 3.93. The van der Waals surface area contributed by atoms with Crippen molar-refractivity contribution in [3.05, 3.63) is 29.3 Å². The molecule has 0 unspecified atom stereocenters. The van der Waals surface area contributed by atoms with Crippen molar-refractivity contribution in [2.24, 2.45) is 0 Å². The van der Waals surface area contributed by atoms with Crippen LogP contribution in [-0.2, 0) is 10.0 Å². The van der Waals surface area contributed by atoms with Crippen LogP contribution < -0.4 is 0 Å². The molecule has 5 heteroatoms. The number of aliphatic hydroxyl groups excluding tert-OH is 1. The Morgan fingerprint density at radius 1 is 1.14 bits per heavy atom. The zero-order valence-corrected chi connectivity index (χ0v) is 13.7. The highest BCUT2D eigenvalue weighted by atomic mass is 32.2. The average Bonchev–Trinajstić information content (AvgIpc) is 2.48. The second-order valence-corrected chi connectivity index (χ2v) is 7.77. The molecule has 0 bridgehead atoms. The van der Waals surface area contributed by atoms with Crippen LogP contribution in [0.2, 0.25) is 0 Å². The summed E-state index contributed by atoms with van der Waals surface area (Å²) in [4.78, 5) is 0.338. The van der Waals surface area contributed by atoms with Gasteiger partial charge in [-0.3, -0.25) is 0 Å². The fourth-order valence-electron chi connectivity index (χ4n) is 2.98. The van der Waals surface area contributed by atoms with E-state index in [0.29, 0.717) is 4.90 Å². The maximum absolute atomic E-state index is 12.9. The van der Waals surface area contributed by atoms with Gasteiger partial charge >= 0.3 is 0 Å². The molecule has 1 aliphatic carbocycles. The Bertz CT molecular complexity index is 577. The van der Waals surface area contributed by atoms with E-state index < -0.39 is 10.0 Å². The van der Waals surface area contributed by atoms with Gasteiger partial charge in [0.1, 0.15) is 0 Å². The normalized spacial score (nSPS) is 17.3. The van der Waals surface area contributed by atoms with E-state index in [1.54, 1.807) is 12.1 Å². The SMILES string of the molecule is Cc1ccc(S(=O)(=O)N(CCO)C2CCCCC2)cc1C. The van der Waals surface area contributed by atoms with Crippen molar-refractivity contribution < 1.29 is 13.5 Å². The number of rotatable bonds is 5. The van der Waals surface area contributed by atoms with Crippen molar-refractivity contribution in [3.63, 3.8) is 0 Å². The highest BCUT2D eigenvalue weighted by molar-refractivity contribution is 7.89. The maximum Gasteiger partial charge on any atom is 0.243 e. The molecule has 1 fully saturated rings. The summed E-state index contributed by atoms with van der Waals surface area (Å²) in [5.41, 5.74) is 2.06. The molecule has 0 radical (unpaired) electrons. The van der Waals surface area contributed by atoms with Gasteiger partial charge < -0.3 is 5.11 Å². The lowest BCUT2D eigenvalue weighted by Gasteiger charge is -2.33. The molecule has 118 valence electrons. The van der Waals surface area contributed by atoms with Crippen LogP contribution in [0.4, 0.5) is 0 Å². The van der Waals surface area contributed by atoms with Gasteiger partial charge in [-0.25, -0.2) is 8.42 Å². The third-order valence-electron chi connectivity index (χ3n) is 4.39. The second-order valence-electron chi connectivity index (χ2n) is 5.88. The van der Waals surface area contributed by atoms with Gasteiger partial charge in [0.2, 0.25) is 10.0 Å². The van der Waals surface area contributed by atoms with Crippen LogP contribution in [0.15, 0.2) is 23.1 Å². The molecule has 0 heterocycles. The molecule has 0 aliphatic heterocycles. The number of benzene rings is 1. The molecule has 1 aliphatic rings. The van der Waals surface area contributed by atoms with Gasteiger partial charge in [0, 0.05) is 12.6 Å². The third kappa shape index (κ3) is 3.65. The van der Waals surface area contributed by atoms with Crippen molar-refractivity contribution in [3.8, 4) is 0 Å². The van der Waals surface area contributed by atoms with Crippen LogP contribution in [0.1, 0.15) is 43.2 Å². The van der Waals surface area contributed by atoms with Gasteiger partial charge in [-0.1, -0.05) is 25.3 Å². The first-order valence-corrected chi connectivity index (χ1v) is 9.11. The molecule has 1 N–H and O–H groups in total. The minimum atomic E-state index is -3.53. The third-order valence-corrected chi connectivity index (χ3v) is 6.34. The van der Waals surface area contributed by atoms with E-state index in [1.165, 1.54) is 10.7 Å². The monoisotopic (exact) mass is 311 g/mol. The summed E-state index contributed by atoms with van der Waals surface area (Å²) in [6.07, 6.45) is 5.09. The summed E-state index contributed by atoms with van der Waals surface area (Å²) in [5, 5.41) is 9.27. The zero-order valence-electron chi connectivity index (χ0n) is 12.9. The molecule has 1 aromatic rings. The molecule has 1 aromatic carbocycles. The van der Waals surface area contributed by atoms with Crippen LogP contribution in [0, 0.1) is 13.8 Å². The van der Waals surface area contributed by atoms with E-state index in [2.05, 4.69) is 0 Å². The van der Waals surface area contributed by atoms with Gasteiger partial charge in [-0.05, 0) is 49.9 Å². The van der Waals surface area contributed by atoms with E-state index in [4.69, 9.17) is 0 Å². The van der Waals surface area contributed by atoms with Crippen LogP contribution >= 0.6 is 0 Å². The van der Waals surface area contributed by atoms with E-state index >= 15 is 0 Å². The van der Waals surface area contributed by atoms with Crippen molar-refractivity contribution in [1.82, 2.24) is 4.31 Å². The standard InChI is InChI=1S/C16H25NO3S/c1-13-8-9-16(12-14(13)2)21(19,20)17(10-11-18)15-6-4-3-5-7-15/h8-9,12,15,18H,3-7,10-11H2,1-2H3. The molecular weight excluding hydrogens is 286 g/mol. The largest absolute Gasteiger partial charge is 0.395 e. The zero-order chi connectivity index (χ0) is 15.5. The molecule has 2 rings (SSSR count). The van der Waals surface area contributed by atoms with E-state index in [-0.39, 0.29) is 19.2 Å². The molecule has 0 saturated heterocycles. The number of sulfonamides is 1. The van der Waals surface area contributed by atoms with Gasteiger partial charge in [-0.15, -0.1) is 0 Å². The Labute approximate surface area is 127 Å². The van der Waals surface area contributed by atoms with Gasteiger partial charge in [-0.2, -0.15) is 4.31 Å². The first-order chi connectivity index (χ1) is 9.96. The molecular formula is C16H25NO3S. The van der Waals surface area contributed by atoms with Gasteiger partial charge in [0.05, 0.1) is 11.5 Å². The van der Waals surface area contributed by atoms with Crippen LogP contribution in [0.5, 0.6) is 0 Å². The Kier molecular flexibility index (Phi) is 5.41. The number of nitrogens with zero attached hydrogens (tertiary/aromatic N) is 1. The summed E-state index contributed by atoms with van der Waals surface area (Å²) in [6, 6.07) is 5.28. The molecule has 21 heavy (non-hydrogen) atoms. The van der Waals surface area contributed by atoms with E-state index in [1.807, 2.05) is 19.9 Å².